The van der Waals surface area contributed by atoms with Crippen LogP contribution in [0.4, 0.5) is 13.6 Å². The first-order valence-corrected chi connectivity index (χ1v) is 7.95. The molecule has 0 radical (unpaired) electrons. The molecule has 24 heavy (non-hydrogen) atoms. The highest BCUT2D eigenvalue weighted by atomic mass is 19.1. The van der Waals surface area contributed by atoms with Crippen molar-refractivity contribution in [2.75, 3.05) is 13.1 Å². The Kier molecular flexibility index (Phi) is 4.73. The molecular weight excluding hydrogens is 316 g/mol. The van der Waals surface area contributed by atoms with E-state index in [9.17, 15) is 13.6 Å². The number of benzene rings is 1. The molecule has 1 aromatic carbocycles. The maximum absolute atomic E-state index is 13.9. The van der Waals surface area contributed by atoms with E-state index in [1.807, 2.05) is 11.5 Å². The van der Waals surface area contributed by atoms with E-state index >= 15 is 0 Å². The van der Waals surface area contributed by atoms with Crippen LogP contribution in [0.3, 0.4) is 0 Å². The number of carbonyl (C=O) groups excluding carboxylic acids is 1. The van der Waals surface area contributed by atoms with E-state index in [0.717, 1.165) is 24.4 Å². The summed E-state index contributed by atoms with van der Waals surface area (Å²) in [6.07, 6.45) is 2.71. The van der Waals surface area contributed by atoms with Gasteiger partial charge in [-0.15, -0.1) is 10.2 Å². The van der Waals surface area contributed by atoms with Gasteiger partial charge in [0.15, 0.2) is 0 Å². The zero-order valence-corrected chi connectivity index (χ0v) is 13.4. The summed E-state index contributed by atoms with van der Waals surface area (Å²) in [5, 5.41) is 10.6. The maximum Gasteiger partial charge on any atom is 0.317 e. The number of halogens is 2. The molecule has 6 nitrogen and oxygen atoms in total. The predicted molar refractivity (Wildman–Crippen MR) is 83.3 cm³/mol. The van der Waals surface area contributed by atoms with Crippen molar-refractivity contribution < 1.29 is 13.6 Å². The summed E-state index contributed by atoms with van der Waals surface area (Å²) >= 11 is 0. The van der Waals surface area contributed by atoms with Crippen molar-refractivity contribution >= 4 is 6.03 Å². The third-order valence-electron chi connectivity index (χ3n) is 4.23. The maximum atomic E-state index is 13.9. The minimum atomic E-state index is -0.471. The Morgan fingerprint density at radius 1 is 1.29 bits per heavy atom. The van der Waals surface area contributed by atoms with Gasteiger partial charge >= 0.3 is 6.03 Å². The number of aryl methyl sites for hydroxylation is 1. The van der Waals surface area contributed by atoms with Gasteiger partial charge in [0.1, 0.15) is 23.8 Å². The molecule has 8 heteroatoms. The van der Waals surface area contributed by atoms with Crippen molar-refractivity contribution in [3.05, 3.63) is 47.0 Å². The van der Waals surface area contributed by atoms with E-state index in [1.54, 1.807) is 6.33 Å². The first kappa shape index (κ1) is 16.4. The monoisotopic (exact) mass is 335 g/mol. The molecule has 0 unspecified atom stereocenters. The zero-order chi connectivity index (χ0) is 17.1. The summed E-state index contributed by atoms with van der Waals surface area (Å²) in [4.78, 5) is 13.7. The second-order valence-corrected chi connectivity index (χ2v) is 5.68. The van der Waals surface area contributed by atoms with Crippen molar-refractivity contribution in [2.45, 2.75) is 32.9 Å². The van der Waals surface area contributed by atoms with Gasteiger partial charge in [0, 0.05) is 31.6 Å². The van der Waals surface area contributed by atoms with Gasteiger partial charge in [0.25, 0.3) is 0 Å². The first-order chi connectivity index (χ1) is 11.6. The molecule has 0 saturated carbocycles. The fourth-order valence-corrected chi connectivity index (χ4v) is 2.90. The van der Waals surface area contributed by atoms with Crippen molar-refractivity contribution in [2.24, 2.45) is 0 Å². The third kappa shape index (κ3) is 3.22. The van der Waals surface area contributed by atoms with Crippen LogP contribution in [0.25, 0.3) is 0 Å². The van der Waals surface area contributed by atoms with Crippen LogP contribution >= 0.6 is 0 Å². The Morgan fingerprint density at radius 3 is 2.79 bits per heavy atom. The number of rotatable bonds is 4. The molecule has 1 aliphatic heterocycles. The highest BCUT2D eigenvalue weighted by Gasteiger charge is 2.25. The summed E-state index contributed by atoms with van der Waals surface area (Å²) < 4.78 is 29.5. The lowest BCUT2D eigenvalue weighted by molar-refractivity contribution is 0.190. The SMILES string of the molecule is CCc1nncn1CCNC(=O)N1CCc2c(F)ccc(F)c2C1. The van der Waals surface area contributed by atoms with Crippen molar-refractivity contribution in [1.82, 2.24) is 25.0 Å². The fourth-order valence-electron chi connectivity index (χ4n) is 2.90. The lowest BCUT2D eigenvalue weighted by atomic mass is 9.99. The van der Waals surface area contributed by atoms with Crippen LogP contribution < -0.4 is 5.32 Å². The van der Waals surface area contributed by atoms with Crippen LogP contribution in [-0.2, 0) is 25.9 Å². The molecule has 2 amide bonds. The Balaban J connectivity index is 1.57. The number of aromatic nitrogens is 3. The highest BCUT2D eigenvalue weighted by molar-refractivity contribution is 5.74. The van der Waals surface area contributed by atoms with Crippen molar-refractivity contribution in [3.8, 4) is 0 Å². The Hall–Kier alpha value is -2.51. The quantitative estimate of drug-likeness (QED) is 0.928. The highest BCUT2D eigenvalue weighted by Crippen LogP contribution is 2.24. The van der Waals surface area contributed by atoms with Gasteiger partial charge in [-0.2, -0.15) is 0 Å². The topological polar surface area (TPSA) is 63.1 Å². The van der Waals surface area contributed by atoms with Gasteiger partial charge in [-0.1, -0.05) is 6.92 Å². The van der Waals surface area contributed by atoms with Crippen molar-refractivity contribution in [1.29, 1.82) is 0 Å². The lowest BCUT2D eigenvalue weighted by Gasteiger charge is -2.29. The number of nitrogens with one attached hydrogen (secondary N) is 1. The van der Waals surface area contributed by atoms with Crippen LogP contribution in [0.15, 0.2) is 18.5 Å². The molecule has 0 saturated heterocycles. The molecule has 0 fully saturated rings. The normalized spacial score (nSPS) is 13.7. The molecule has 3 rings (SSSR count). The number of hydrogen-bond acceptors (Lipinski definition) is 3. The molecule has 0 aliphatic carbocycles. The third-order valence-corrected chi connectivity index (χ3v) is 4.23. The number of carbonyl (C=O) groups is 1. The van der Waals surface area contributed by atoms with Gasteiger partial charge < -0.3 is 14.8 Å². The average Bonchev–Trinajstić information content (AvgIpc) is 3.05. The number of hydrogen-bond donors (Lipinski definition) is 1. The van der Waals surface area contributed by atoms with Gasteiger partial charge in [0.05, 0.1) is 6.54 Å². The molecule has 2 heterocycles. The van der Waals surface area contributed by atoms with Gasteiger partial charge in [-0.05, 0) is 24.1 Å². The summed E-state index contributed by atoms with van der Waals surface area (Å²) in [6.45, 7) is 3.41. The molecule has 2 aromatic rings. The summed E-state index contributed by atoms with van der Waals surface area (Å²) in [6, 6.07) is 1.96. The fraction of sp³-hybridized carbons (Fsp3) is 0.438. The Labute approximate surface area is 138 Å². The van der Waals surface area contributed by atoms with Crippen LogP contribution in [-0.4, -0.2) is 38.8 Å². The van der Waals surface area contributed by atoms with E-state index in [0.29, 0.717) is 31.6 Å². The minimum Gasteiger partial charge on any atom is -0.336 e. The predicted octanol–water partition coefficient (Wildman–Crippen LogP) is 1.89. The largest absolute Gasteiger partial charge is 0.336 e. The zero-order valence-electron chi connectivity index (χ0n) is 13.4. The number of amides is 2. The molecule has 1 aliphatic rings. The molecule has 0 atom stereocenters. The second kappa shape index (κ2) is 6.94. The van der Waals surface area contributed by atoms with E-state index < -0.39 is 11.6 Å². The summed E-state index contributed by atoms with van der Waals surface area (Å²) in [7, 11) is 0. The second-order valence-electron chi connectivity index (χ2n) is 5.68. The minimum absolute atomic E-state index is 0.0810. The average molecular weight is 335 g/mol. The Morgan fingerprint density at radius 2 is 2.04 bits per heavy atom. The standard InChI is InChI=1S/C16H19F2N5O/c1-2-15-21-20-10-23(15)8-6-19-16(24)22-7-5-11-12(9-22)14(18)4-3-13(11)17/h3-4,10H,2,5-9H2,1H3,(H,19,24). The van der Waals surface area contributed by atoms with E-state index in [2.05, 4.69) is 15.5 Å². The van der Waals surface area contributed by atoms with Gasteiger partial charge in [-0.25, -0.2) is 13.6 Å². The molecular formula is C16H19F2N5O. The van der Waals surface area contributed by atoms with E-state index in [1.165, 1.54) is 4.90 Å². The summed E-state index contributed by atoms with van der Waals surface area (Å²) in [5.74, 6) is -0.0270. The molecule has 0 spiro atoms. The molecule has 1 N–H and O–H groups in total. The van der Waals surface area contributed by atoms with E-state index in [4.69, 9.17) is 0 Å². The molecule has 128 valence electrons. The number of nitrogens with zero attached hydrogens (tertiary/aromatic N) is 4. The number of fused-ring (bicyclic) bond motifs is 1. The van der Waals surface area contributed by atoms with Crippen LogP contribution in [0.1, 0.15) is 23.9 Å². The first-order valence-electron chi connectivity index (χ1n) is 7.95. The summed E-state index contributed by atoms with van der Waals surface area (Å²) in [5.41, 5.74) is 0.639. The van der Waals surface area contributed by atoms with Crippen LogP contribution in [0.5, 0.6) is 0 Å². The molecule has 1 aromatic heterocycles. The van der Waals surface area contributed by atoms with Crippen LogP contribution in [0, 0.1) is 11.6 Å². The van der Waals surface area contributed by atoms with Gasteiger partial charge in [0.2, 0.25) is 0 Å². The van der Waals surface area contributed by atoms with E-state index in [-0.39, 0.29) is 18.1 Å². The lowest BCUT2D eigenvalue weighted by Crippen LogP contribution is -2.44. The molecule has 0 bridgehead atoms. The van der Waals surface area contributed by atoms with Crippen LogP contribution in [0.2, 0.25) is 0 Å². The smallest absolute Gasteiger partial charge is 0.317 e. The number of urea groups is 1. The van der Waals surface area contributed by atoms with Crippen molar-refractivity contribution in [3.63, 3.8) is 0 Å². The van der Waals surface area contributed by atoms with Gasteiger partial charge in [-0.3, -0.25) is 0 Å². The Bertz CT molecular complexity index is 746.